The minimum absolute atomic E-state index is 0.0517. The lowest BCUT2D eigenvalue weighted by Crippen LogP contribution is -2.52. The maximum Gasteiger partial charge on any atom is 0.319 e. The zero-order chi connectivity index (χ0) is 25.4. The van der Waals surface area contributed by atoms with Crippen LogP contribution in [-0.4, -0.2) is 58.1 Å². The van der Waals surface area contributed by atoms with E-state index < -0.39 is 11.6 Å². The molecule has 184 valence electrons. The van der Waals surface area contributed by atoms with E-state index in [0.29, 0.717) is 53.4 Å². The molecule has 1 saturated heterocycles. The van der Waals surface area contributed by atoms with E-state index in [9.17, 15) is 14.4 Å². The minimum atomic E-state index is -0.673. The molecule has 1 aromatic carbocycles. The highest BCUT2D eigenvalue weighted by Gasteiger charge is 2.44. The van der Waals surface area contributed by atoms with Gasteiger partial charge in [0.1, 0.15) is 16.4 Å². The van der Waals surface area contributed by atoms with Crippen LogP contribution in [0.25, 0.3) is 10.4 Å². The van der Waals surface area contributed by atoms with E-state index in [2.05, 4.69) is 15.7 Å². The van der Waals surface area contributed by atoms with Gasteiger partial charge in [-0.25, -0.2) is 4.79 Å². The molecule has 2 N–H and O–H groups in total. The number of ketones is 1. The highest BCUT2D eigenvalue weighted by Crippen LogP contribution is 2.41. The first-order valence-electron chi connectivity index (χ1n) is 11.5. The number of likely N-dealkylation sites (tertiary alicyclic amines) is 1. The number of ether oxygens (including phenoxy) is 1. The van der Waals surface area contributed by atoms with Gasteiger partial charge in [0.25, 0.3) is 5.91 Å². The Morgan fingerprint density at radius 3 is 2.69 bits per heavy atom. The fourth-order valence-electron chi connectivity index (χ4n) is 4.63. The van der Waals surface area contributed by atoms with Crippen LogP contribution >= 0.6 is 11.3 Å². The summed E-state index contributed by atoms with van der Waals surface area (Å²) in [6, 6.07) is 8.31. The number of hydrogen-bond acceptors (Lipinski definition) is 7. The first kappa shape index (κ1) is 23.6. The zero-order valence-corrected chi connectivity index (χ0v) is 20.6. The Hall–Kier alpha value is -4.17. The molecule has 3 amide bonds. The number of nitriles is 1. The Morgan fingerprint density at radius 1 is 1.25 bits per heavy atom. The maximum atomic E-state index is 13.5. The van der Waals surface area contributed by atoms with Gasteiger partial charge in [0.05, 0.1) is 35.4 Å². The minimum Gasteiger partial charge on any atom is -0.486 e. The van der Waals surface area contributed by atoms with Gasteiger partial charge in [0.2, 0.25) is 0 Å². The third-order valence-electron chi connectivity index (χ3n) is 6.59. The largest absolute Gasteiger partial charge is 0.486 e. The Kier molecular flexibility index (Phi) is 5.97. The fourth-order valence-corrected chi connectivity index (χ4v) is 5.65. The molecule has 1 fully saturated rings. The second-order valence-corrected chi connectivity index (χ2v) is 10.0. The van der Waals surface area contributed by atoms with Crippen LogP contribution in [0.1, 0.15) is 45.5 Å². The van der Waals surface area contributed by atoms with E-state index in [1.54, 1.807) is 40.0 Å². The number of nitrogens with one attached hydrogen (secondary N) is 2. The molecule has 0 atom stereocenters. The number of anilines is 1. The summed E-state index contributed by atoms with van der Waals surface area (Å²) in [4.78, 5) is 41.0. The van der Waals surface area contributed by atoms with Gasteiger partial charge in [-0.05, 0) is 24.3 Å². The number of nitrogens with zero attached hydrogens (tertiary/aromatic N) is 4. The number of amides is 3. The van der Waals surface area contributed by atoms with Gasteiger partial charge in [-0.2, -0.15) is 10.4 Å². The van der Waals surface area contributed by atoms with Crippen molar-refractivity contribution < 1.29 is 19.1 Å². The molecule has 5 rings (SSSR count). The second-order valence-electron chi connectivity index (χ2n) is 8.96. The maximum absolute atomic E-state index is 13.5. The van der Waals surface area contributed by atoms with Crippen LogP contribution in [0.4, 0.5) is 9.80 Å². The molecule has 0 aliphatic carbocycles. The van der Waals surface area contributed by atoms with Crippen molar-refractivity contribution in [1.29, 1.82) is 5.26 Å². The summed E-state index contributed by atoms with van der Waals surface area (Å²) in [5.41, 5.74) is 1.45. The lowest BCUT2D eigenvalue weighted by Gasteiger charge is -2.44. The number of benzene rings is 1. The Labute approximate surface area is 211 Å². The van der Waals surface area contributed by atoms with Gasteiger partial charge in [-0.1, -0.05) is 0 Å². The molecule has 3 aromatic rings. The average molecular weight is 505 g/mol. The van der Waals surface area contributed by atoms with Crippen LogP contribution < -0.4 is 15.4 Å². The molecule has 0 radical (unpaired) electrons. The molecule has 36 heavy (non-hydrogen) atoms. The number of piperidine rings is 1. The number of aromatic nitrogens is 2. The third kappa shape index (κ3) is 4.31. The summed E-state index contributed by atoms with van der Waals surface area (Å²) in [5, 5.41) is 19.1. The number of carbonyl (C=O) groups excluding carboxylic acids is 3. The molecule has 11 heteroatoms. The molecule has 0 bridgehead atoms. The number of urea groups is 1. The Bertz CT molecular complexity index is 1410. The number of carbonyl (C=O) groups is 3. The van der Waals surface area contributed by atoms with Crippen LogP contribution in [0.3, 0.4) is 0 Å². The highest BCUT2D eigenvalue weighted by molar-refractivity contribution is 7.20. The molecule has 4 heterocycles. The van der Waals surface area contributed by atoms with E-state index in [0.717, 1.165) is 10.4 Å². The first-order valence-corrected chi connectivity index (χ1v) is 12.3. The van der Waals surface area contributed by atoms with E-state index in [1.165, 1.54) is 18.4 Å². The van der Waals surface area contributed by atoms with Crippen molar-refractivity contribution in [1.82, 2.24) is 20.0 Å². The molecule has 1 spiro atoms. The van der Waals surface area contributed by atoms with Gasteiger partial charge >= 0.3 is 6.03 Å². The molecular weight excluding hydrogens is 480 g/mol. The summed E-state index contributed by atoms with van der Waals surface area (Å²) in [6.07, 6.45) is 4.78. The van der Waals surface area contributed by atoms with E-state index in [-0.39, 0.29) is 18.1 Å². The molecule has 2 aliphatic rings. The third-order valence-corrected chi connectivity index (χ3v) is 7.69. The number of rotatable bonds is 3. The smallest absolute Gasteiger partial charge is 0.319 e. The second kappa shape index (κ2) is 9.13. The summed E-state index contributed by atoms with van der Waals surface area (Å²) in [6.45, 7) is 0.824. The topological polar surface area (TPSA) is 129 Å². The van der Waals surface area contributed by atoms with Crippen molar-refractivity contribution in [3.05, 3.63) is 53.3 Å². The van der Waals surface area contributed by atoms with Crippen molar-refractivity contribution in [2.24, 2.45) is 7.05 Å². The molecule has 10 nitrogen and oxygen atoms in total. The van der Waals surface area contributed by atoms with Crippen LogP contribution in [-0.2, 0) is 7.05 Å². The van der Waals surface area contributed by atoms with Crippen molar-refractivity contribution >= 4 is 34.1 Å². The summed E-state index contributed by atoms with van der Waals surface area (Å²) < 4.78 is 7.96. The Balaban J connectivity index is 1.35. The SMILES string of the molecule is CNC(=O)Nc1sc(-c2cnn(C)c2)cc1C(=O)N1CCC2(CC1)CC(=O)c1cc(C#N)ccc1O2. The molecular formula is C25H24N6O4S. The summed E-state index contributed by atoms with van der Waals surface area (Å²) >= 11 is 1.31. The monoisotopic (exact) mass is 504 g/mol. The number of hydrogen-bond donors (Lipinski definition) is 2. The lowest BCUT2D eigenvalue weighted by molar-refractivity contribution is -0.00567. The van der Waals surface area contributed by atoms with Crippen LogP contribution in [0.5, 0.6) is 5.75 Å². The van der Waals surface area contributed by atoms with E-state index in [4.69, 9.17) is 10.00 Å². The number of aryl methyl sites for hydroxylation is 1. The predicted octanol–water partition coefficient (Wildman–Crippen LogP) is 3.41. The normalized spacial score (nSPS) is 16.1. The first-order chi connectivity index (χ1) is 17.3. The highest BCUT2D eigenvalue weighted by atomic mass is 32.1. The van der Waals surface area contributed by atoms with Gasteiger partial charge in [-0.15, -0.1) is 11.3 Å². The van der Waals surface area contributed by atoms with E-state index >= 15 is 0 Å². The summed E-state index contributed by atoms with van der Waals surface area (Å²) in [5.74, 6) is 0.244. The number of fused-ring (bicyclic) bond motifs is 1. The van der Waals surface area contributed by atoms with Gasteiger partial charge in [0, 0.05) is 56.7 Å². The van der Waals surface area contributed by atoms with Crippen molar-refractivity contribution in [3.8, 4) is 22.3 Å². The zero-order valence-electron chi connectivity index (χ0n) is 19.8. The van der Waals surface area contributed by atoms with Gasteiger partial charge in [0.15, 0.2) is 5.78 Å². The number of thiophene rings is 1. The van der Waals surface area contributed by atoms with Gasteiger partial charge < -0.3 is 15.0 Å². The number of Topliss-reactive ketones (excluding diaryl/α,β-unsaturated/α-hetero) is 1. The molecule has 0 unspecified atom stereocenters. The summed E-state index contributed by atoms with van der Waals surface area (Å²) in [7, 11) is 3.33. The van der Waals surface area contributed by atoms with Crippen molar-refractivity contribution in [3.63, 3.8) is 0 Å². The van der Waals surface area contributed by atoms with Crippen LogP contribution in [0, 0.1) is 11.3 Å². The standard InChI is InChI=1S/C25H24N6O4S/c1-27-24(34)29-22-18(10-21(36-22)16-13-28-30(2)14-16)23(33)31-7-5-25(6-8-31)11-19(32)17-9-15(12-26)3-4-20(17)35-25/h3-4,9-10,13-14H,5-8,11H2,1-2H3,(H2,27,29,34). The predicted molar refractivity (Wildman–Crippen MR) is 133 cm³/mol. The van der Waals surface area contributed by atoms with E-state index in [1.807, 2.05) is 19.3 Å². The van der Waals surface area contributed by atoms with Crippen molar-refractivity contribution in [2.45, 2.75) is 24.9 Å². The molecule has 0 saturated carbocycles. The van der Waals surface area contributed by atoms with Crippen LogP contribution in [0.2, 0.25) is 0 Å². The average Bonchev–Trinajstić information content (AvgIpc) is 3.50. The molecule has 2 aromatic heterocycles. The van der Waals surface area contributed by atoms with Crippen LogP contribution in [0.15, 0.2) is 36.7 Å². The van der Waals surface area contributed by atoms with Crippen molar-refractivity contribution in [2.75, 3.05) is 25.5 Å². The fraction of sp³-hybridized carbons (Fsp3) is 0.320. The van der Waals surface area contributed by atoms with Gasteiger partial charge in [-0.3, -0.25) is 19.6 Å². The Morgan fingerprint density at radius 2 is 2.03 bits per heavy atom. The quantitative estimate of drug-likeness (QED) is 0.562. The molecule has 2 aliphatic heterocycles. The lowest BCUT2D eigenvalue weighted by atomic mass is 9.82.